The summed E-state index contributed by atoms with van der Waals surface area (Å²) in [6.45, 7) is 5.02. The average Bonchev–Trinajstić information content (AvgIpc) is 2.42. The van der Waals surface area contributed by atoms with E-state index in [2.05, 4.69) is 18.7 Å². The summed E-state index contributed by atoms with van der Waals surface area (Å²) in [6.07, 6.45) is 11.6. The Morgan fingerprint density at radius 3 is 2.53 bits per heavy atom. The Labute approximate surface area is 118 Å². The molecule has 1 heterocycles. The highest BCUT2D eigenvalue weighted by molar-refractivity contribution is 5.77. The van der Waals surface area contributed by atoms with E-state index >= 15 is 0 Å². The van der Waals surface area contributed by atoms with Gasteiger partial charge in [-0.25, -0.2) is 0 Å². The Morgan fingerprint density at radius 1 is 1.16 bits per heavy atom. The molecule has 19 heavy (non-hydrogen) atoms. The van der Waals surface area contributed by atoms with Gasteiger partial charge in [0.15, 0.2) is 0 Å². The minimum Gasteiger partial charge on any atom is -0.336 e. The number of nitrogens with two attached hydrogens (primary N) is 1. The van der Waals surface area contributed by atoms with Crippen molar-refractivity contribution in [2.75, 3.05) is 6.54 Å². The molecule has 0 aromatic carbocycles. The molecule has 0 bridgehead atoms. The molecule has 3 nitrogen and oxygen atoms in total. The van der Waals surface area contributed by atoms with Gasteiger partial charge in [-0.1, -0.05) is 39.0 Å². The van der Waals surface area contributed by atoms with Crippen LogP contribution in [-0.2, 0) is 4.79 Å². The van der Waals surface area contributed by atoms with Gasteiger partial charge in [-0.2, -0.15) is 0 Å². The quantitative estimate of drug-likeness (QED) is 0.685. The minimum atomic E-state index is 0.288. The second-order valence-corrected chi connectivity index (χ2v) is 5.99. The number of likely N-dealkylation sites (tertiary alicyclic amines) is 1. The summed E-state index contributed by atoms with van der Waals surface area (Å²) >= 11 is 0. The molecular weight excluding hydrogens is 236 g/mol. The molecule has 0 saturated carbocycles. The maximum Gasteiger partial charge on any atom is 0.223 e. The summed E-state index contributed by atoms with van der Waals surface area (Å²) in [7, 11) is 0. The lowest BCUT2D eigenvalue weighted by atomic mass is 9.95. The second-order valence-electron chi connectivity index (χ2n) is 5.99. The third-order valence-electron chi connectivity index (χ3n) is 4.33. The van der Waals surface area contributed by atoms with Crippen LogP contribution < -0.4 is 5.73 Å². The van der Waals surface area contributed by atoms with Crippen LogP contribution in [0.2, 0.25) is 0 Å². The monoisotopic (exact) mass is 268 g/mol. The number of carbonyl (C=O) groups excluding carboxylic acids is 1. The van der Waals surface area contributed by atoms with E-state index in [9.17, 15) is 4.79 Å². The van der Waals surface area contributed by atoms with Crippen LogP contribution in [0.3, 0.4) is 0 Å². The molecule has 112 valence electrons. The van der Waals surface area contributed by atoms with Crippen molar-refractivity contribution >= 4 is 5.91 Å². The van der Waals surface area contributed by atoms with E-state index in [0.29, 0.717) is 24.9 Å². The number of hydrogen-bond acceptors (Lipinski definition) is 2. The van der Waals surface area contributed by atoms with Crippen molar-refractivity contribution in [3.05, 3.63) is 0 Å². The largest absolute Gasteiger partial charge is 0.336 e. The Bertz CT molecular complexity index is 255. The van der Waals surface area contributed by atoms with Gasteiger partial charge in [-0.15, -0.1) is 0 Å². The zero-order valence-corrected chi connectivity index (χ0v) is 12.9. The second kappa shape index (κ2) is 9.35. The molecule has 2 N–H and O–H groups in total. The third kappa shape index (κ3) is 5.52. The molecule has 0 spiro atoms. The number of unbranched alkanes of at least 4 members (excludes halogenated alkanes) is 5. The molecule has 1 aliphatic heterocycles. The molecule has 1 amide bonds. The zero-order valence-electron chi connectivity index (χ0n) is 12.9. The summed E-state index contributed by atoms with van der Waals surface area (Å²) in [6, 6.07) is 0.672. The molecule has 2 unspecified atom stereocenters. The summed E-state index contributed by atoms with van der Waals surface area (Å²) in [5.41, 5.74) is 5.81. The first-order valence-electron chi connectivity index (χ1n) is 8.22. The SMILES string of the molecule is CCCCCCCCC(=O)N1C(C)CCCC1CN. The lowest BCUT2D eigenvalue weighted by molar-refractivity contribution is -0.137. The van der Waals surface area contributed by atoms with Crippen LogP contribution in [0.1, 0.15) is 78.1 Å². The predicted molar refractivity (Wildman–Crippen MR) is 81.0 cm³/mol. The number of amides is 1. The highest BCUT2D eigenvalue weighted by Crippen LogP contribution is 2.23. The third-order valence-corrected chi connectivity index (χ3v) is 4.33. The van der Waals surface area contributed by atoms with Crippen LogP contribution in [0.5, 0.6) is 0 Å². The van der Waals surface area contributed by atoms with Crippen LogP contribution in [0.4, 0.5) is 0 Å². The standard InChI is InChI=1S/C16H32N2O/c1-3-4-5-6-7-8-12-16(19)18-14(2)10-9-11-15(18)13-17/h14-15H,3-13,17H2,1-2H3. The molecule has 0 aliphatic carbocycles. The number of hydrogen-bond donors (Lipinski definition) is 1. The highest BCUT2D eigenvalue weighted by atomic mass is 16.2. The highest BCUT2D eigenvalue weighted by Gasteiger charge is 2.30. The molecule has 3 heteroatoms. The van der Waals surface area contributed by atoms with Gasteiger partial charge in [0, 0.05) is 25.0 Å². The van der Waals surface area contributed by atoms with Crippen molar-refractivity contribution in [2.45, 2.75) is 90.1 Å². The van der Waals surface area contributed by atoms with E-state index in [-0.39, 0.29) is 6.04 Å². The van der Waals surface area contributed by atoms with Crippen molar-refractivity contribution in [1.29, 1.82) is 0 Å². The van der Waals surface area contributed by atoms with E-state index in [1.54, 1.807) is 0 Å². The van der Waals surface area contributed by atoms with Gasteiger partial charge in [0.25, 0.3) is 0 Å². The van der Waals surface area contributed by atoms with Crippen molar-refractivity contribution in [3.63, 3.8) is 0 Å². The molecular formula is C16H32N2O. The normalized spacial score (nSPS) is 23.6. The summed E-state index contributed by atoms with van der Waals surface area (Å²) < 4.78 is 0. The molecule has 1 aliphatic rings. The maximum absolute atomic E-state index is 12.3. The van der Waals surface area contributed by atoms with E-state index in [0.717, 1.165) is 19.3 Å². The topological polar surface area (TPSA) is 46.3 Å². The van der Waals surface area contributed by atoms with Crippen LogP contribution in [0, 0.1) is 0 Å². The summed E-state index contributed by atoms with van der Waals surface area (Å²) in [5, 5.41) is 0. The van der Waals surface area contributed by atoms with E-state index < -0.39 is 0 Å². The van der Waals surface area contributed by atoms with Crippen molar-refractivity contribution in [2.24, 2.45) is 5.73 Å². The Morgan fingerprint density at radius 2 is 1.84 bits per heavy atom. The molecule has 1 fully saturated rings. The number of piperidine rings is 1. The fourth-order valence-electron chi connectivity index (χ4n) is 3.15. The van der Waals surface area contributed by atoms with Gasteiger partial charge in [-0.3, -0.25) is 4.79 Å². The lowest BCUT2D eigenvalue weighted by Gasteiger charge is -2.40. The molecule has 0 aromatic rings. The van der Waals surface area contributed by atoms with E-state index in [1.807, 2.05) is 0 Å². The van der Waals surface area contributed by atoms with Crippen molar-refractivity contribution in [3.8, 4) is 0 Å². The predicted octanol–water partition coefficient (Wildman–Crippen LogP) is 3.47. The van der Waals surface area contributed by atoms with Gasteiger partial charge in [0.1, 0.15) is 0 Å². The fourth-order valence-corrected chi connectivity index (χ4v) is 3.15. The molecule has 1 rings (SSSR count). The smallest absolute Gasteiger partial charge is 0.223 e. The van der Waals surface area contributed by atoms with Gasteiger partial charge >= 0.3 is 0 Å². The Hall–Kier alpha value is -0.570. The number of carbonyl (C=O) groups is 1. The zero-order chi connectivity index (χ0) is 14.1. The van der Waals surface area contributed by atoms with Gasteiger partial charge < -0.3 is 10.6 Å². The first kappa shape index (κ1) is 16.5. The fraction of sp³-hybridized carbons (Fsp3) is 0.938. The van der Waals surface area contributed by atoms with Gasteiger partial charge in [-0.05, 0) is 32.6 Å². The molecule has 0 aromatic heterocycles. The Kier molecular flexibility index (Phi) is 8.11. The van der Waals surface area contributed by atoms with E-state index in [1.165, 1.54) is 38.5 Å². The van der Waals surface area contributed by atoms with Crippen LogP contribution >= 0.6 is 0 Å². The minimum absolute atomic E-state index is 0.288. The lowest BCUT2D eigenvalue weighted by Crippen LogP contribution is -2.51. The van der Waals surface area contributed by atoms with Gasteiger partial charge in [0.05, 0.1) is 0 Å². The van der Waals surface area contributed by atoms with Crippen molar-refractivity contribution < 1.29 is 4.79 Å². The number of rotatable bonds is 8. The summed E-state index contributed by atoms with van der Waals surface area (Å²) in [4.78, 5) is 14.4. The first-order valence-corrected chi connectivity index (χ1v) is 8.22. The molecule has 1 saturated heterocycles. The van der Waals surface area contributed by atoms with Crippen LogP contribution in [0.25, 0.3) is 0 Å². The summed E-state index contributed by atoms with van der Waals surface area (Å²) in [5.74, 6) is 0.332. The Balaban J connectivity index is 2.26. The number of nitrogens with zero attached hydrogens (tertiary/aromatic N) is 1. The maximum atomic E-state index is 12.3. The van der Waals surface area contributed by atoms with Crippen LogP contribution in [0.15, 0.2) is 0 Å². The van der Waals surface area contributed by atoms with Gasteiger partial charge in [0.2, 0.25) is 5.91 Å². The molecule has 0 radical (unpaired) electrons. The van der Waals surface area contributed by atoms with Crippen LogP contribution in [-0.4, -0.2) is 29.4 Å². The van der Waals surface area contributed by atoms with Crippen molar-refractivity contribution in [1.82, 2.24) is 4.90 Å². The molecule has 2 atom stereocenters. The van der Waals surface area contributed by atoms with E-state index in [4.69, 9.17) is 5.73 Å². The first-order chi connectivity index (χ1) is 9.20. The average molecular weight is 268 g/mol.